The van der Waals surface area contributed by atoms with Crippen LogP contribution >= 0.6 is 0 Å². The Hall–Kier alpha value is -3.06. The first-order valence-electron chi connectivity index (χ1n) is 7.93. The van der Waals surface area contributed by atoms with Gasteiger partial charge in [0.25, 0.3) is 15.9 Å². The van der Waals surface area contributed by atoms with Gasteiger partial charge < -0.3 is 10.3 Å². The van der Waals surface area contributed by atoms with Gasteiger partial charge in [0.2, 0.25) is 0 Å². The summed E-state index contributed by atoms with van der Waals surface area (Å²) in [7, 11) is -2.26. The predicted molar refractivity (Wildman–Crippen MR) is 101 cm³/mol. The van der Waals surface area contributed by atoms with Crippen LogP contribution in [0.25, 0.3) is 11.1 Å². The summed E-state index contributed by atoms with van der Waals surface area (Å²) >= 11 is 0. The lowest BCUT2D eigenvalue weighted by Gasteiger charge is -2.11. The molecule has 3 aromatic rings. The molecule has 26 heavy (non-hydrogen) atoms. The molecule has 0 spiro atoms. The molecule has 2 aromatic carbocycles. The summed E-state index contributed by atoms with van der Waals surface area (Å²) in [6, 6.07) is 16.6. The van der Waals surface area contributed by atoms with E-state index < -0.39 is 15.9 Å². The second-order valence-electron chi connectivity index (χ2n) is 6.04. The molecule has 0 radical (unpaired) electrons. The highest BCUT2D eigenvalue weighted by atomic mass is 32.2. The number of carbonyl (C=O) groups excluding carboxylic acids is 1. The van der Waals surface area contributed by atoms with E-state index in [9.17, 15) is 13.2 Å². The lowest BCUT2D eigenvalue weighted by atomic mass is 10.0. The first-order chi connectivity index (χ1) is 12.3. The van der Waals surface area contributed by atoms with Crippen LogP contribution in [0, 0.1) is 6.92 Å². The summed E-state index contributed by atoms with van der Waals surface area (Å²) in [6.07, 6.45) is 1.36. The molecule has 0 aliphatic heterocycles. The van der Waals surface area contributed by atoms with Crippen molar-refractivity contribution in [2.75, 3.05) is 4.72 Å². The largest absolute Gasteiger partial charge is 0.364 e. The quantitative estimate of drug-likeness (QED) is 0.724. The number of nitrogens with zero attached hydrogens (tertiary/aromatic N) is 1. The summed E-state index contributed by atoms with van der Waals surface area (Å²) in [5, 5.41) is 0. The van der Waals surface area contributed by atoms with Crippen LogP contribution in [0.4, 0.5) is 5.69 Å². The van der Waals surface area contributed by atoms with E-state index in [2.05, 4.69) is 4.72 Å². The van der Waals surface area contributed by atoms with Crippen molar-refractivity contribution < 1.29 is 13.2 Å². The lowest BCUT2D eigenvalue weighted by molar-refractivity contribution is 0.0992. The molecule has 0 saturated carbocycles. The van der Waals surface area contributed by atoms with Gasteiger partial charge in [0, 0.05) is 13.2 Å². The van der Waals surface area contributed by atoms with Crippen molar-refractivity contribution in [3.63, 3.8) is 0 Å². The zero-order valence-corrected chi connectivity index (χ0v) is 15.2. The Balaban J connectivity index is 1.91. The average molecular weight is 369 g/mol. The molecule has 3 rings (SSSR count). The van der Waals surface area contributed by atoms with E-state index in [0.717, 1.165) is 16.7 Å². The summed E-state index contributed by atoms with van der Waals surface area (Å²) in [6.45, 7) is 1.84. The van der Waals surface area contributed by atoms with Crippen molar-refractivity contribution >= 4 is 21.6 Å². The molecule has 0 atom stereocenters. The van der Waals surface area contributed by atoms with Gasteiger partial charge in [-0.25, -0.2) is 8.42 Å². The monoisotopic (exact) mass is 369 g/mol. The number of amides is 1. The molecular formula is C19H19N3O3S. The van der Waals surface area contributed by atoms with Crippen LogP contribution in [0.1, 0.15) is 16.1 Å². The van der Waals surface area contributed by atoms with Crippen molar-refractivity contribution in [1.82, 2.24) is 4.57 Å². The maximum absolute atomic E-state index is 12.6. The lowest BCUT2D eigenvalue weighted by Crippen LogP contribution is -2.14. The highest BCUT2D eigenvalue weighted by Gasteiger charge is 2.20. The first kappa shape index (κ1) is 17.8. The number of rotatable bonds is 5. The SMILES string of the molecule is Cc1cc(-c2ccccc2)ccc1NS(=O)(=O)c1cc(C(N)=O)n(C)c1. The Bertz CT molecular complexity index is 1070. The standard InChI is InChI=1S/C19H19N3O3S/c1-13-10-15(14-6-4-3-5-7-14)8-9-17(13)21-26(24,25)16-11-18(19(20)23)22(2)12-16/h3-12,21H,1-2H3,(H2,20,23). The van der Waals surface area contributed by atoms with Gasteiger partial charge in [-0.3, -0.25) is 9.52 Å². The Labute approximate surface area is 152 Å². The third-order valence-corrected chi connectivity index (χ3v) is 5.45. The number of carbonyl (C=O) groups is 1. The summed E-state index contributed by atoms with van der Waals surface area (Å²) in [5.74, 6) is -0.683. The zero-order chi connectivity index (χ0) is 18.9. The highest BCUT2D eigenvalue weighted by Crippen LogP contribution is 2.26. The normalized spacial score (nSPS) is 11.3. The van der Waals surface area contributed by atoms with Crippen molar-refractivity contribution in [1.29, 1.82) is 0 Å². The van der Waals surface area contributed by atoms with E-state index in [1.807, 2.05) is 49.4 Å². The van der Waals surface area contributed by atoms with Gasteiger partial charge >= 0.3 is 0 Å². The fraction of sp³-hybridized carbons (Fsp3) is 0.105. The van der Waals surface area contributed by atoms with Crippen LogP contribution in [0.2, 0.25) is 0 Å². The third-order valence-electron chi connectivity index (χ3n) is 4.12. The number of hydrogen-bond donors (Lipinski definition) is 2. The molecule has 0 unspecified atom stereocenters. The van der Waals surface area contributed by atoms with Crippen LogP contribution in [0.15, 0.2) is 65.7 Å². The number of aryl methyl sites for hydroxylation is 2. The number of anilines is 1. The summed E-state index contributed by atoms with van der Waals surface area (Å²) in [5.41, 5.74) is 8.70. The second kappa shape index (κ2) is 6.68. The Morgan fingerprint density at radius 2 is 1.73 bits per heavy atom. The number of primary amides is 1. The zero-order valence-electron chi connectivity index (χ0n) is 14.4. The molecule has 1 heterocycles. The highest BCUT2D eigenvalue weighted by molar-refractivity contribution is 7.92. The minimum atomic E-state index is -3.83. The minimum Gasteiger partial charge on any atom is -0.364 e. The topological polar surface area (TPSA) is 94.2 Å². The fourth-order valence-corrected chi connectivity index (χ4v) is 3.92. The molecule has 0 aliphatic rings. The molecule has 0 aliphatic carbocycles. The van der Waals surface area contributed by atoms with Crippen LogP contribution in [0.3, 0.4) is 0 Å². The van der Waals surface area contributed by atoms with Crippen LogP contribution in [-0.2, 0) is 17.1 Å². The van der Waals surface area contributed by atoms with E-state index in [1.54, 1.807) is 13.1 Å². The van der Waals surface area contributed by atoms with E-state index >= 15 is 0 Å². The molecule has 3 N–H and O–H groups in total. The van der Waals surface area contributed by atoms with Gasteiger partial charge in [-0.2, -0.15) is 0 Å². The van der Waals surface area contributed by atoms with Crippen molar-refractivity contribution in [2.45, 2.75) is 11.8 Å². The molecule has 0 bridgehead atoms. The molecule has 0 saturated heterocycles. The molecule has 0 fully saturated rings. The number of aromatic nitrogens is 1. The molecule has 1 aromatic heterocycles. The fourth-order valence-electron chi connectivity index (χ4n) is 2.72. The van der Waals surface area contributed by atoms with Crippen molar-refractivity contribution in [3.8, 4) is 11.1 Å². The van der Waals surface area contributed by atoms with Gasteiger partial charge in [0.1, 0.15) is 10.6 Å². The Morgan fingerprint density at radius 3 is 2.31 bits per heavy atom. The molecule has 1 amide bonds. The van der Waals surface area contributed by atoms with Crippen molar-refractivity contribution in [3.05, 3.63) is 72.1 Å². The van der Waals surface area contributed by atoms with E-state index in [-0.39, 0.29) is 10.6 Å². The third kappa shape index (κ3) is 3.48. The second-order valence-corrected chi connectivity index (χ2v) is 7.72. The van der Waals surface area contributed by atoms with E-state index in [1.165, 1.54) is 16.8 Å². The smallest absolute Gasteiger partial charge is 0.265 e. The molecule has 6 nitrogen and oxygen atoms in total. The van der Waals surface area contributed by atoms with Crippen molar-refractivity contribution in [2.24, 2.45) is 12.8 Å². The number of nitrogens with two attached hydrogens (primary N) is 1. The molecule has 134 valence electrons. The maximum Gasteiger partial charge on any atom is 0.265 e. The van der Waals surface area contributed by atoms with Crippen LogP contribution in [-0.4, -0.2) is 18.9 Å². The van der Waals surface area contributed by atoms with Gasteiger partial charge in [-0.05, 0) is 41.8 Å². The Kier molecular flexibility index (Phi) is 4.56. The number of hydrogen-bond acceptors (Lipinski definition) is 3. The minimum absolute atomic E-state index is 0.0136. The van der Waals surface area contributed by atoms with Crippen LogP contribution < -0.4 is 10.5 Å². The van der Waals surface area contributed by atoms with E-state index in [0.29, 0.717) is 5.69 Å². The van der Waals surface area contributed by atoms with Gasteiger partial charge in [0.15, 0.2) is 0 Å². The van der Waals surface area contributed by atoms with E-state index in [4.69, 9.17) is 5.73 Å². The number of sulfonamides is 1. The van der Waals surface area contributed by atoms with Gasteiger partial charge in [-0.1, -0.05) is 36.4 Å². The predicted octanol–water partition coefficient (Wildman–Crippen LogP) is 2.90. The first-order valence-corrected chi connectivity index (χ1v) is 9.41. The van der Waals surface area contributed by atoms with Gasteiger partial charge in [-0.15, -0.1) is 0 Å². The molecule has 7 heteroatoms. The van der Waals surface area contributed by atoms with Crippen LogP contribution in [0.5, 0.6) is 0 Å². The Morgan fingerprint density at radius 1 is 1.04 bits per heavy atom. The summed E-state index contributed by atoms with van der Waals surface area (Å²) < 4.78 is 29.2. The number of benzene rings is 2. The number of nitrogens with one attached hydrogen (secondary N) is 1. The maximum atomic E-state index is 12.6. The summed E-state index contributed by atoms with van der Waals surface area (Å²) in [4.78, 5) is 11.3. The average Bonchev–Trinajstić information content (AvgIpc) is 3.00. The van der Waals surface area contributed by atoms with Gasteiger partial charge in [0.05, 0.1) is 5.69 Å². The molecular weight excluding hydrogens is 350 g/mol.